The van der Waals surface area contributed by atoms with Crippen molar-refractivity contribution in [3.63, 3.8) is 0 Å². The molecule has 0 radical (unpaired) electrons. The van der Waals surface area contributed by atoms with E-state index in [4.69, 9.17) is 9.47 Å². The zero-order chi connectivity index (χ0) is 11.3. The molecule has 1 aliphatic rings. The van der Waals surface area contributed by atoms with Gasteiger partial charge in [0.25, 0.3) is 0 Å². The Labute approximate surface area is 97.1 Å². The lowest BCUT2D eigenvalue weighted by atomic mass is 10.5. The van der Waals surface area contributed by atoms with Crippen molar-refractivity contribution in [2.24, 2.45) is 0 Å². The van der Waals surface area contributed by atoms with E-state index in [9.17, 15) is 0 Å². The first kappa shape index (κ1) is 13.4. The molecule has 1 heterocycles. The van der Waals surface area contributed by atoms with Gasteiger partial charge in [-0.2, -0.15) is 0 Å². The molecule has 0 aliphatic carbocycles. The van der Waals surface area contributed by atoms with Crippen LogP contribution in [0.1, 0.15) is 6.42 Å². The van der Waals surface area contributed by atoms with E-state index in [0.717, 1.165) is 19.8 Å². The Balaban J connectivity index is 1.87. The number of epoxide rings is 1. The van der Waals surface area contributed by atoms with Gasteiger partial charge < -0.3 is 13.7 Å². The van der Waals surface area contributed by atoms with Crippen LogP contribution >= 0.6 is 0 Å². The Hall–Kier alpha value is 0.314. The first-order valence-corrected chi connectivity index (χ1v) is 11.0. The molecule has 1 saturated heterocycles. The molecule has 0 aromatic carbocycles. The van der Waals surface area contributed by atoms with E-state index >= 15 is 0 Å². The van der Waals surface area contributed by atoms with Crippen LogP contribution in [0.5, 0.6) is 0 Å². The highest BCUT2D eigenvalue weighted by Gasteiger charge is 2.22. The van der Waals surface area contributed by atoms with Gasteiger partial charge in [0, 0.05) is 6.61 Å². The number of rotatable bonds is 8. The predicted octanol–water partition coefficient (Wildman–Crippen LogP) is 1.06. The highest BCUT2D eigenvalue weighted by atomic mass is 28.4. The highest BCUT2D eigenvalue weighted by molar-refractivity contribution is 6.78. The Bertz CT molecular complexity index is 181. The van der Waals surface area contributed by atoms with Crippen LogP contribution < -0.4 is 0 Å². The molecule has 5 heteroatoms. The summed E-state index contributed by atoms with van der Waals surface area (Å²) in [7, 11) is 1.28. The van der Waals surface area contributed by atoms with Gasteiger partial charge in [0.15, 0.2) is 0 Å². The van der Waals surface area contributed by atoms with Crippen LogP contribution in [0.15, 0.2) is 0 Å². The SMILES string of the molecule is CN([SiH2]CCCOCC1CO1)[Si](C)(C)C. The topological polar surface area (TPSA) is 25.0 Å². The smallest absolute Gasteiger partial charge is 0.111 e. The summed E-state index contributed by atoms with van der Waals surface area (Å²) in [6, 6.07) is 1.38. The summed E-state index contributed by atoms with van der Waals surface area (Å²) in [5.74, 6) is 0. The minimum absolute atomic E-state index is 0.0164. The van der Waals surface area contributed by atoms with Crippen LogP contribution in [0, 0.1) is 0 Å². The molecular formula is C10H25NO2Si2. The fourth-order valence-corrected chi connectivity index (χ4v) is 5.33. The number of hydrogen-bond acceptors (Lipinski definition) is 3. The zero-order valence-corrected chi connectivity index (χ0v) is 13.0. The second-order valence-electron chi connectivity index (χ2n) is 5.33. The van der Waals surface area contributed by atoms with Crippen LogP contribution in [-0.2, 0) is 9.47 Å². The van der Waals surface area contributed by atoms with Gasteiger partial charge in [-0.15, -0.1) is 0 Å². The van der Waals surface area contributed by atoms with Crippen LogP contribution in [-0.4, -0.2) is 55.1 Å². The zero-order valence-electron chi connectivity index (χ0n) is 10.6. The van der Waals surface area contributed by atoms with E-state index in [-0.39, 0.29) is 9.68 Å². The van der Waals surface area contributed by atoms with Crippen molar-refractivity contribution in [3.05, 3.63) is 0 Å². The summed E-state index contributed by atoms with van der Waals surface area (Å²) in [5.41, 5.74) is 0. The van der Waals surface area contributed by atoms with Crippen LogP contribution in [0.2, 0.25) is 25.7 Å². The summed E-state index contributed by atoms with van der Waals surface area (Å²) < 4.78 is 13.3. The van der Waals surface area contributed by atoms with Gasteiger partial charge in [-0.05, 0) is 19.5 Å². The molecule has 1 aliphatic heterocycles. The maximum atomic E-state index is 5.52. The van der Waals surface area contributed by atoms with Crippen molar-refractivity contribution < 1.29 is 9.47 Å². The van der Waals surface area contributed by atoms with Crippen molar-refractivity contribution in [2.75, 3.05) is 26.9 Å². The summed E-state index contributed by atoms with van der Waals surface area (Å²) in [5, 5.41) is 0. The van der Waals surface area contributed by atoms with E-state index in [1.54, 1.807) is 0 Å². The Morgan fingerprint density at radius 2 is 2.13 bits per heavy atom. The van der Waals surface area contributed by atoms with Gasteiger partial charge in [-0.1, -0.05) is 19.6 Å². The minimum Gasteiger partial charge on any atom is -0.379 e. The quantitative estimate of drug-likeness (QED) is 0.364. The molecule has 0 N–H and O–H groups in total. The summed E-state index contributed by atoms with van der Waals surface area (Å²) in [6.07, 6.45) is 1.65. The summed E-state index contributed by atoms with van der Waals surface area (Å²) in [4.78, 5) is 0. The normalized spacial score (nSPS) is 21.8. The first-order valence-electron chi connectivity index (χ1n) is 5.91. The maximum absolute atomic E-state index is 5.52. The lowest BCUT2D eigenvalue weighted by molar-refractivity contribution is 0.117. The van der Waals surface area contributed by atoms with Gasteiger partial charge in [0.1, 0.15) is 14.3 Å². The second kappa shape index (κ2) is 6.15. The molecule has 0 amide bonds. The molecule has 3 nitrogen and oxygen atoms in total. The fraction of sp³-hybridized carbons (Fsp3) is 1.00. The van der Waals surface area contributed by atoms with Gasteiger partial charge in [0.2, 0.25) is 0 Å². The average molecular weight is 247 g/mol. The third kappa shape index (κ3) is 6.47. The fourth-order valence-electron chi connectivity index (χ4n) is 1.27. The van der Waals surface area contributed by atoms with E-state index in [0.29, 0.717) is 6.10 Å². The molecule has 90 valence electrons. The largest absolute Gasteiger partial charge is 0.379 e. The molecule has 0 saturated carbocycles. The summed E-state index contributed by atoms with van der Waals surface area (Å²) >= 11 is 0. The van der Waals surface area contributed by atoms with Crippen molar-refractivity contribution in [1.29, 1.82) is 0 Å². The lowest BCUT2D eigenvalue weighted by Crippen LogP contribution is -2.45. The first-order chi connectivity index (χ1) is 7.00. The third-order valence-electron chi connectivity index (χ3n) is 2.88. The van der Waals surface area contributed by atoms with Crippen LogP contribution in [0.3, 0.4) is 0 Å². The second-order valence-corrected chi connectivity index (χ2v) is 13.2. The molecule has 1 unspecified atom stereocenters. The lowest BCUT2D eigenvalue weighted by Gasteiger charge is -2.29. The van der Waals surface area contributed by atoms with Gasteiger partial charge in [-0.25, -0.2) is 0 Å². The Morgan fingerprint density at radius 3 is 2.67 bits per heavy atom. The number of ether oxygens (including phenoxy) is 2. The van der Waals surface area contributed by atoms with Gasteiger partial charge in [0.05, 0.1) is 22.9 Å². The molecule has 15 heavy (non-hydrogen) atoms. The Morgan fingerprint density at radius 1 is 1.47 bits per heavy atom. The van der Waals surface area contributed by atoms with Crippen molar-refractivity contribution >= 4 is 17.9 Å². The molecular weight excluding hydrogens is 222 g/mol. The Kier molecular flexibility index (Phi) is 5.48. The standard InChI is InChI=1S/C10H25NO2Si2/c1-11(15(2,3)4)14-7-5-6-12-8-10-9-13-10/h10H,5-9,14H2,1-4H3. The molecule has 0 spiro atoms. The molecule has 0 aromatic rings. The molecule has 0 bridgehead atoms. The van der Waals surface area contributed by atoms with Crippen LogP contribution in [0.4, 0.5) is 0 Å². The van der Waals surface area contributed by atoms with E-state index in [1.165, 1.54) is 12.5 Å². The third-order valence-corrected chi connectivity index (χ3v) is 10.2. The van der Waals surface area contributed by atoms with E-state index in [1.807, 2.05) is 0 Å². The molecule has 1 atom stereocenters. The van der Waals surface area contributed by atoms with E-state index < -0.39 is 8.24 Å². The molecule has 1 rings (SSSR count). The van der Waals surface area contributed by atoms with Gasteiger partial charge in [-0.3, -0.25) is 0 Å². The van der Waals surface area contributed by atoms with E-state index in [2.05, 4.69) is 30.9 Å². The number of nitrogens with zero attached hydrogens (tertiary/aromatic N) is 1. The number of hydrogen-bond donors (Lipinski definition) is 0. The van der Waals surface area contributed by atoms with Crippen molar-refractivity contribution in [1.82, 2.24) is 4.23 Å². The van der Waals surface area contributed by atoms with Gasteiger partial charge >= 0.3 is 0 Å². The summed E-state index contributed by atoms with van der Waals surface area (Å²) in [6.45, 7) is 9.90. The monoisotopic (exact) mass is 247 g/mol. The predicted molar refractivity (Wildman–Crippen MR) is 69.6 cm³/mol. The highest BCUT2D eigenvalue weighted by Crippen LogP contribution is 2.09. The minimum atomic E-state index is -1.00. The maximum Gasteiger partial charge on any atom is 0.111 e. The molecule has 0 aromatic heterocycles. The molecule has 1 fully saturated rings. The van der Waals surface area contributed by atoms with Crippen LogP contribution in [0.25, 0.3) is 0 Å². The van der Waals surface area contributed by atoms with Crippen molar-refractivity contribution in [3.8, 4) is 0 Å². The van der Waals surface area contributed by atoms with Crippen molar-refractivity contribution in [2.45, 2.75) is 38.2 Å². The average Bonchev–Trinajstić information content (AvgIpc) is 2.92.